The summed E-state index contributed by atoms with van der Waals surface area (Å²) in [6.45, 7) is 6.08. The average Bonchev–Trinajstić information content (AvgIpc) is 2.78. The predicted octanol–water partition coefficient (Wildman–Crippen LogP) is 11.7. The topological polar surface area (TPSA) is 0 Å². The maximum Gasteiger partial charge on any atom is 0.0110 e. The van der Waals surface area contributed by atoms with Crippen LogP contribution in [0.5, 0.6) is 0 Å². The Bertz CT molecular complexity index is 312. The van der Waals surface area contributed by atoms with Gasteiger partial charge in [0.2, 0.25) is 0 Å². The Morgan fingerprint density at radius 2 is 0.677 bits per heavy atom. The fourth-order valence-corrected chi connectivity index (χ4v) is 5.25. The maximum absolute atomic E-state index is 3.77. The summed E-state index contributed by atoms with van der Waals surface area (Å²) >= 11 is 2.03. The molecule has 0 heterocycles. The number of thioether (sulfide) groups is 1. The Hall–Kier alpha value is 0.0900. The number of hydrogen-bond acceptors (Lipinski definition) is 1. The van der Waals surface area contributed by atoms with Crippen molar-refractivity contribution in [2.45, 2.75) is 167 Å². The molecule has 0 radical (unpaired) electrons. The zero-order valence-corrected chi connectivity index (χ0v) is 22.6. The van der Waals surface area contributed by atoms with Gasteiger partial charge in [0.25, 0.3) is 0 Å². The van der Waals surface area contributed by atoms with Crippen LogP contribution in [0, 0.1) is 0 Å². The van der Waals surface area contributed by atoms with Gasteiger partial charge in [0.05, 0.1) is 0 Å². The molecule has 0 aliphatic rings. The smallest absolute Gasteiger partial charge is 0.0110 e. The van der Waals surface area contributed by atoms with E-state index in [-0.39, 0.29) is 0 Å². The van der Waals surface area contributed by atoms with Gasteiger partial charge in [0, 0.05) is 5.75 Å². The lowest BCUT2D eigenvalue weighted by molar-refractivity contribution is 0.517. The number of unbranched alkanes of at least 4 members (excludes halogenated alkanes) is 24. The van der Waals surface area contributed by atoms with Crippen molar-refractivity contribution in [3.63, 3.8) is 0 Å². The summed E-state index contributed by atoms with van der Waals surface area (Å²) in [5.74, 6) is 2.45. The Morgan fingerprint density at radius 3 is 0.935 bits per heavy atom. The molecule has 0 aromatic rings. The lowest BCUT2D eigenvalue weighted by Crippen LogP contribution is -1.85. The van der Waals surface area contributed by atoms with E-state index < -0.39 is 0 Å². The van der Waals surface area contributed by atoms with Crippen molar-refractivity contribution >= 4 is 11.8 Å². The van der Waals surface area contributed by atoms with E-state index in [1.807, 2.05) is 17.8 Å². The molecule has 0 rings (SSSR count). The molecule has 0 fully saturated rings. The van der Waals surface area contributed by atoms with Gasteiger partial charge in [-0.05, 0) is 12.2 Å². The second kappa shape index (κ2) is 30.1. The van der Waals surface area contributed by atoms with Gasteiger partial charge in [-0.1, -0.05) is 167 Å². The van der Waals surface area contributed by atoms with E-state index in [4.69, 9.17) is 0 Å². The third kappa shape index (κ3) is 30.1. The van der Waals surface area contributed by atoms with Crippen molar-refractivity contribution in [1.82, 2.24) is 0 Å². The first kappa shape index (κ1) is 31.1. The highest BCUT2D eigenvalue weighted by Gasteiger charge is 1.96. The highest BCUT2D eigenvalue weighted by molar-refractivity contribution is 7.99. The summed E-state index contributed by atoms with van der Waals surface area (Å²) in [6, 6.07) is 0. The molecule has 0 spiro atoms. The van der Waals surface area contributed by atoms with E-state index in [0.717, 1.165) is 5.75 Å². The van der Waals surface area contributed by atoms with Crippen LogP contribution in [-0.2, 0) is 0 Å². The molecule has 0 amide bonds. The standard InChI is InChI=1S/C30H60S/c1-3-5-6-7-8-9-10-11-12-13-14-15-16-17-18-19-20-21-22-23-24-25-26-27-28-30-31-29-4-2/h4H,2-3,5-30H2,1H3. The molecule has 0 aliphatic carbocycles. The van der Waals surface area contributed by atoms with Crippen LogP contribution in [0.15, 0.2) is 12.7 Å². The zero-order chi connectivity index (χ0) is 22.5. The van der Waals surface area contributed by atoms with Crippen molar-refractivity contribution in [3.8, 4) is 0 Å². The van der Waals surface area contributed by atoms with Crippen LogP contribution in [0.2, 0.25) is 0 Å². The molecule has 186 valence electrons. The highest BCUT2D eigenvalue weighted by atomic mass is 32.2. The Kier molecular flexibility index (Phi) is 30.2. The summed E-state index contributed by atoms with van der Waals surface area (Å²) in [5, 5.41) is 0. The molecule has 0 saturated heterocycles. The fourth-order valence-electron chi connectivity index (χ4n) is 4.51. The van der Waals surface area contributed by atoms with Gasteiger partial charge in [-0.25, -0.2) is 0 Å². The first-order chi connectivity index (χ1) is 15.4. The third-order valence-corrected chi connectivity index (χ3v) is 7.68. The molecular formula is C30H60S. The van der Waals surface area contributed by atoms with Crippen LogP contribution in [0.25, 0.3) is 0 Å². The van der Waals surface area contributed by atoms with Gasteiger partial charge in [-0.2, -0.15) is 11.8 Å². The average molecular weight is 453 g/mol. The molecule has 0 saturated carbocycles. The van der Waals surface area contributed by atoms with Gasteiger partial charge < -0.3 is 0 Å². The van der Waals surface area contributed by atoms with E-state index in [2.05, 4.69) is 13.5 Å². The largest absolute Gasteiger partial charge is 0.158 e. The Morgan fingerprint density at radius 1 is 0.419 bits per heavy atom. The number of rotatable bonds is 28. The monoisotopic (exact) mass is 452 g/mol. The first-order valence-corrected chi connectivity index (χ1v) is 15.8. The molecular weight excluding hydrogens is 392 g/mol. The van der Waals surface area contributed by atoms with Crippen molar-refractivity contribution < 1.29 is 0 Å². The summed E-state index contributed by atoms with van der Waals surface area (Å²) in [4.78, 5) is 0. The van der Waals surface area contributed by atoms with Crippen molar-refractivity contribution in [3.05, 3.63) is 12.7 Å². The van der Waals surface area contributed by atoms with E-state index in [9.17, 15) is 0 Å². The molecule has 0 atom stereocenters. The van der Waals surface area contributed by atoms with E-state index in [0.29, 0.717) is 0 Å². The Labute approximate surface area is 203 Å². The van der Waals surface area contributed by atoms with Crippen LogP contribution in [0.3, 0.4) is 0 Å². The molecule has 0 unspecified atom stereocenters. The second-order valence-corrected chi connectivity index (χ2v) is 11.0. The van der Waals surface area contributed by atoms with Crippen LogP contribution >= 0.6 is 11.8 Å². The highest BCUT2D eigenvalue weighted by Crippen LogP contribution is 2.16. The fraction of sp³-hybridized carbons (Fsp3) is 0.933. The minimum Gasteiger partial charge on any atom is -0.158 e. The van der Waals surface area contributed by atoms with E-state index in [1.54, 1.807) is 0 Å². The van der Waals surface area contributed by atoms with E-state index in [1.165, 1.54) is 166 Å². The minimum atomic E-state index is 1.12. The van der Waals surface area contributed by atoms with Crippen LogP contribution in [-0.4, -0.2) is 11.5 Å². The number of hydrogen-bond donors (Lipinski definition) is 0. The zero-order valence-electron chi connectivity index (χ0n) is 21.8. The van der Waals surface area contributed by atoms with Gasteiger partial charge in [0.1, 0.15) is 0 Å². The molecule has 0 aliphatic heterocycles. The van der Waals surface area contributed by atoms with Crippen molar-refractivity contribution in [2.24, 2.45) is 0 Å². The van der Waals surface area contributed by atoms with Crippen molar-refractivity contribution in [1.29, 1.82) is 0 Å². The third-order valence-electron chi connectivity index (χ3n) is 6.63. The summed E-state index contributed by atoms with van der Waals surface area (Å²) < 4.78 is 0. The van der Waals surface area contributed by atoms with Crippen LogP contribution in [0.4, 0.5) is 0 Å². The van der Waals surface area contributed by atoms with Crippen LogP contribution in [0.1, 0.15) is 167 Å². The summed E-state index contributed by atoms with van der Waals surface area (Å²) in [6.07, 6.45) is 38.8. The predicted molar refractivity (Wildman–Crippen MR) is 149 cm³/mol. The molecule has 31 heavy (non-hydrogen) atoms. The van der Waals surface area contributed by atoms with Gasteiger partial charge >= 0.3 is 0 Å². The van der Waals surface area contributed by atoms with Gasteiger partial charge in [-0.3, -0.25) is 0 Å². The summed E-state index contributed by atoms with van der Waals surface area (Å²) in [5.41, 5.74) is 0. The van der Waals surface area contributed by atoms with Gasteiger partial charge in [-0.15, -0.1) is 6.58 Å². The van der Waals surface area contributed by atoms with Crippen LogP contribution < -0.4 is 0 Å². The first-order valence-electron chi connectivity index (χ1n) is 14.6. The normalized spacial score (nSPS) is 11.3. The second-order valence-electron chi connectivity index (χ2n) is 9.85. The quantitative estimate of drug-likeness (QED) is 0.0839. The minimum absolute atomic E-state index is 1.12. The van der Waals surface area contributed by atoms with Gasteiger partial charge in [0.15, 0.2) is 0 Å². The van der Waals surface area contributed by atoms with E-state index >= 15 is 0 Å². The molecule has 0 bridgehead atoms. The Balaban J connectivity index is 2.98. The molecule has 0 nitrogen and oxygen atoms in total. The SMILES string of the molecule is C=CCSCCCCCCCCCCCCCCCCCCCCCCCCCCC. The van der Waals surface area contributed by atoms with Crippen molar-refractivity contribution in [2.75, 3.05) is 11.5 Å². The molecule has 1 heteroatoms. The lowest BCUT2D eigenvalue weighted by atomic mass is 10.0. The summed E-state index contributed by atoms with van der Waals surface area (Å²) in [7, 11) is 0. The molecule has 0 N–H and O–H groups in total. The lowest BCUT2D eigenvalue weighted by Gasteiger charge is -2.04. The molecule has 0 aromatic heterocycles. The molecule has 0 aromatic carbocycles. The maximum atomic E-state index is 3.77.